The Labute approximate surface area is 215 Å². The molecule has 5 nitrogen and oxygen atoms in total. The minimum atomic E-state index is 0.229. The molecule has 0 aromatic rings. The molecule has 4 aliphatic rings. The van der Waals surface area contributed by atoms with E-state index in [2.05, 4.69) is 36.7 Å². The average molecular weight is 489 g/mol. The lowest BCUT2D eigenvalue weighted by Crippen LogP contribution is -2.53. The average Bonchev–Trinajstić information content (AvgIpc) is 3.21. The first-order valence-corrected chi connectivity index (χ1v) is 15.3. The molecule has 1 amide bonds. The van der Waals surface area contributed by atoms with E-state index in [1.165, 1.54) is 64.2 Å². The molecule has 4 rings (SSSR count). The van der Waals surface area contributed by atoms with Crippen LogP contribution in [0.5, 0.6) is 0 Å². The summed E-state index contributed by atoms with van der Waals surface area (Å²) in [6.07, 6.45) is 16.5. The van der Waals surface area contributed by atoms with E-state index >= 15 is 0 Å². The van der Waals surface area contributed by atoms with Crippen LogP contribution in [0, 0.1) is 46.3 Å². The molecular weight excluding hydrogens is 432 g/mol. The summed E-state index contributed by atoms with van der Waals surface area (Å²) in [7, 11) is 0. The molecule has 0 radical (unpaired) electrons. The zero-order valence-electron chi connectivity index (χ0n) is 23.2. The Hall–Kier alpha value is -0.650. The summed E-state index contributed by atoms with van der Waals surface area (Å²) in [6.45, 7) is 12.7. The van der Waals surface area contributed by atoms with Gasteiger partial charge in [-0.25, -0.2) is 0 Å². The Bertz CT molecular complexity index is 685. The van der Waals surface area contributed by atoms with Gasteiger partial charge < -0.3 is 21.7 Å². The third-order valence-electron chi connectivity index (χ3n) is 11.6. The summed E-state index contributed by atoms with van der Waals surface area (Å²) in [6, 6.07) is 0. The lowest BCUT2D eigenvalue weighted by atomic mass is 9.44. The number of carbonyl (C=O) groups is 1. The largest absolute Gasteiger partial charge is 0.355 e. The predicted octanol–water partition coefficient (Wildman–Crippen LogP) is 4.71. The molecule has 0 aromatic heterocycles. The van der Waals surface area contributed by atoms with E-state index in [9.17, 15) is 4.79 Å². The van der Waals surface area contributed by atoms with E-state index in [0.29, 0.717) is 29.7 Å². The number of rotatable bonds is 12. The highest BCUT2D eigenvalue weighted by Gasteiger charge is 2.60. The number of hydrogen-bond acceptors (Lipinski definition) is 4. The van der Waals surface area contributed by atoms with Gasteiger partial charge in [0.15, 0.2) is 0 Å². The second kappa shape index (κ2) is 12.3. The standard InChI is InChI=1S/C30H56N4O/c1-22(7-12-28(35)34-21-20-33-19-18-32-17-16-31)25-10-11-26-24-9-8-23-6-4-5-14-29(23,2)27(24)13-15-30(25,26)3/h22-27,32-33H,4-21,31H2,1-3H3,(H,34,35)/t22-,23+,24+,25-,26+,27+,29+,30-/m1/s1. The zero-order chi connectivity index (χ0) is 24.9. The van der Waals surface area contributed by atoms with Gasteiger partial charge in [0.2, 0.25) is 5.91 Å². The topological polar surface area (TPSA) is 79.2 Å². The van der Waals surface area contributed by atoms with Gasteiger partial charge in [-0.3, -0.25) is 4.79 Å². The highest BCUT2D eigenvalue weighted by atomic mass is 16.1. The van der Waals surface area contributed by atoms with Crippen molar-refractivity contribution in [3.05, 3.63) is 0 Å². The fraction of sp³-hybridized carbons (Fsp3) is 0.967. The third kappa shape index (κ3) is 5.93. The van der Waals surface area contributed by atoms with E-state index in [1.54, 1.807) is 0 Å². The van der Waals surface area contributed by atoms with Gasteiger partial charge in [0.25, 0.3) is 0 Å². The SMILES string of the molecule is C[C@H](CCC(=O)NCCNCCNCCN)[C@H]1CC[C@H]2[C@@H]3CC[C@@H]4CCCC[C@]4(C)[C@H]3CC[C@]12C. The smallest absolute Gasteiger partial charge is 0.220 e. The van der Waals surface area contributed by atoms with Gasteiger partial charge in [0, 0.05) is 45.7 Å². The van der Waals surface area contributed by atoms with Crippen LogP contribution in [0.25, 0.3) is 0 Å². The van der Waals surface area contributed by atoms with Gasteiger partial charge in [-0.15, -0.1) is 0 Å². The van der Waals surface area contributed by atoms with Gasteiger partial charge in [0.1, 0.15) is 0 Å². The van der Waals surface area contributed by atoms with Gasteiger partial charge in [-0.2, -0.15) is 0 Å². The first-order valence-electron chi connectivity index (χ1n) is 15.3. The van der Waals surface area contributed by atoms with Crippen LogP contribution in [0.4, 0.5) is 0 Å². The molecule has 0 bridgehead atoms. The lowest BCUT2D eigenvalue weighted by molar-refractivity contribution is -0.122. The summed E-state index contributed by atoms with van der Waals surface area (Å²) in [4.78, 5) is 12.5. The fourth-order valence-electron chi connectivity index (χ4n) is 9.74. The predicted molar refractivity (Wildman–Crippen MR) is 146 cm³/mol. The van der Waals surface area contributed by atoms with Crippen molar-refractivity contribution in [3.8, 4) is 0 Å². The second-order valence-corrected chi connectivity index (χ2v) is 13.3. The molecule has 0 spiro atoms. The number of nitrogens with two attached hydrogens (primary N) is 1. The Kier molecular flexibility index (Phi) is 9.59. The first-order chi connectivity index (χ1) is 16.9. The molecule has 0 aliphatic heterocycles. The summed E-state index contributed by atoms with van der Waals surface area (Å²) >= 11 is 0. The van der Waals surface area contributed by atoms with Crippen LogP contribution in [0.2, 0.25) is 0 Å². The van der Waals surface area contributed by atoms with Crippen LogP contribution >= 0.6 is 0 Å². The van der Waals surface area contributed by atoms with Gasteiger partial charge in [0.05, 0.1) is 0 Å². The molecule has 0 saturated heterocycles. The normalized spacial score (nSPS) is 39.4. The molecule has 0 aromatic carbocycles. The maximum absolute atomic E-state index is 12.5. The molecule has 4 fully saturated rings. The summed E-state index contributed by atoms with van der Waals surface area (Å²) in [5.74, 6) is 5.61. The van der Waals surface area contributed by atoms with Gasteiger partial charge in [-0.1, -0.05) is 33.6 Å². The molecule has 35 heavy (non-hydrogen) atoms. The lowest BCUT2D eigenvalue weighted by Gasteiger charge is -2.61. The first kappa shape index (κ1) is 27.4. The van der Waals surface area contributed by atoms with Crippen molar-refractivity contribution in [2.45, 2.75) is 97.8 Å². The molecule has 202 valence electrons. The van der Waals surface area contributed by atoms with Crippen molar-refractivity contribution in [3.63, 3.8) is 0 Å². The van der Waals surface area contributed by atoms with Gasteiger partial charge in [-0.05, 0) is 104 Å². The van der Waals surface area contributed by atoms with E-state index in [4.69, 9.17) is 5.73 Å². The van der Waals surface area contributed by atoms with Crippen molar-refractivity contribution in [1.29, 1.82) is 0 Å². The van der Waals surface area contributed by atoms with Crippen molar-refractivity contribution in [2.24, 2.45) is 52.1 Å². The highest BCUT2D eigenvalue weighted by Crippen LogP contribution is 2.68. The Morgan fingerprint density at radius 2 is 1.60 bits per heavy atom. The van der Waals surface area contributed by atoms with Crippen molar-refractivity contribution >= 4 is 5.91 Å². The van der Waals surface area contributed by atoms with Crippen LogP contribution in [0.1, 0.15) is 97.8 Å². The Morgan fingerprint density at radius 3 is 2.40 bits per heavy atom. The summed E-state index contributed by atoms with van der Waals surface area (Å²) < 4.78 is 0. The maximum Gasteiger partial charge on any atom is 0.220 e. The van der Waals surface area contributed by atoms with Crippen molar-refractivity contribution in [2.75, 3.05) is 39.3 Å². The zero-order valence-corrected chi connectivity index (χ0v) is 23.2. The van der Waals surface area contributed by atoms with E-state index in [-0.39, 0.29) is 5.91 Å². The number of hydrogen-bond donors (Lipinski definition) is 4. The van der Waals surface area contributed by atoms with Crippen LogP contribution < -0.4 is 21.7 Å². The molecular formula is C30H56N4O. The molecule has 0 heterocycles. The second-order valence-electron chi connectivity index (χ2n) is 13.3. The van der Waals surface area contributed by atoms with Crippen LogP contribution in [-0.4, -0.2) is 45.2 Å². The highest BCUT2D eigenvalue weighted by molar-refractivity contribution is 5.75. The molecule has 5 N–H and O–H groups in total. The quantitative estimate of drug-likeness (QED) is 0.300. The van der Waals surface area contributed by atoms with E-state index in [1.807, 2.05) is 0 Å². The van der Waals surface area contributed by atoms with Gasteiger partial charge >= 0.3 is 0 Å². The van der Waals surface area contributed by atoms with Crippen molar-refractivity contribution < 1.29 is 4.79 Å². The monoisotopic (exact) mass is 488 g/mol. The third-order valence-corrected chi connectivity index (χ3v) is 11.6. The van der Waals surface area contributed by atoms with Crippen LogP contribution in [0.3, 0.4) is 0 Å². The number of nitrogens with one attached hydrogen (secondary N) is 3. The van der Waals surface area contributed by atoms with Crippen LogP contribution in [0.15, 0.2) is 0 Å². The minimum absolute atomic E-state index is 0.229. The van der Waals surface area contributed by atoms with Crippen LogP contribution in [-0.2, 0) is 4.79 Å². The molecule has 5 heteroatoms. The fourth-order valence-corrected chi connectivity index (χ4v) is 9.74. The number of fused-ring (bicyclic) bond motifs is 5. The minimum Gasteiger partial charge on any atom is -0.355 e. The van der Waals surface area contributed by atoms with E-state index in [0.717, 1.165) is 68.7 Å². The molecule has 4 saturated carbocycles. The molecule has 4 aliphatic carbocycles. The number of amides is 1. The van der Waals surface area contributed by atoms with Crippen molar-refractivity contribution in [1.82, 2.24) is 16.0 Å². The Morgan fingerprint density at radius 1 is 0.857 bits per heavy atom. The molecule has 0 unspecified atom stereocenters. The Balaban J connectivity index is 1.21. The van der Waals surface area contributed by atoms with E-state index < -0.39 is 0 Å². The summed E-state index contributed by atoms with van der Waals surface area (Å²) in [5.41, 5.74) is 6.62. The summed E-state index contributed by atoms with van der Waals surface area (Å²) in [5, 5.41) is 9.76. The molecule has 8 atom stereocenters. The number of carbonyl (C=O) groups excluding carboxylic acids is 1. The maximum atomic E-state index is 12.5.